The van der Waals surface area contributed by atoms with Crippen molar-refractivity contribution in [2.24, 2.45) is 0 Å². The van der Waals surface area contributed by atoms with E-state index in [4.69, 9.17) is 0 Å². The van der Waals surface area contributed by atoms with E-state index in [9.17, 15) is 9.18 Å². The highest BCUT2D eigenvalue weighted by Crippen LogP contribution is 2.21. The second kappa shape index (κ2) is 6.18. The number of nitrogens with zero attached hydrogens (tertiary/aromatic N) is 1. The number of nitrogens with one attached hydrogen (secondary N) is 1. The molecule has 0 radical (unpaired) electrons. The van der Waals surface area contributed by atoms with Crippen LogP contribution in [0.5, 0.6) is 0 Å². The Bertz CT molecular complexity index is 676. The van der Waals surface area contributed by atoms with Crippen LogP contribution in [0.2, 0.25) is 0 Å². The summed E-state index contributed by atoms with van der Waals surface area (Å²) >= 11 is 0. The number of anilines is 2. The van der Waals surface area contributed by atoms with Crippen molar-refractivity contribution in [2.75, 3.05) is 23.3 Å². The fourth-order valence-corrected chi connectivity index (χ4v) is 2.72. The number of hydrogen-bond acceptors (Lipinski definition) is 2. The maximum atomic E-state index is 13.2. The number of carbonyl (C=O) groups is 1. The van der Waals surface area contributed by atoms with Crippen molar-refractivity contribution < 1.29 is 9.18 Å². The molecule has 0 unspecified atom stereocenters. The molecule has 1 saturated heterocycles. The van der Waals surface area contributed by atoms with Crippen LogP contribution in [0.1, 0.15) is 28.8 Å². The minimum atomic E-state index is -0.270. The topological polar surface area (TPSA) is 32.3 Å². The zero-order valence-electron chi connectivity index (χ0n) is 12.6. The Labute approximate surface area is 129 Å². The van der Waals surface area contributed by atoms with Gasteiger partial charge in [0, 0.05) is 30.0 Å². The monoisotopic (exact) mass is 298 g/mol. The minimum absolute atomic E-state index is 0.181. The molecule has 3 nitrogen and oxygen atoms in total. The molecule has 3 rings (SSSR count). The third-order valence-corrected chi connectivity index (χ3v) is 4.02. The third-order valence-electron chi connectivity index (χ3n) is 4.02. The summed E-state index contributed by atoms with van der Waals surface area (Å²) in [5.74, 6) is -0.452. The molecule has 22 heavy (non-hydrogen) atoms. The van der Waals surface area contributed by atoms with Gasteiger partial charge in [0.15, 0.2) is 0 Å². The summed E-state index contributed by atoms with van der Waals surface area (Å²) in [6.07, 6.45) is 2.46. The van der Waals surface area contributed by atoms with Crippen LogP contribution in [-0.2, 0) is 0 Å². The van der Waals surface area contributed by atoms with Crippen LogP contribution in [-0.4, -0.2) is 19.0 Å². The highest BCUT2D eigenvalue weighted by atomic mass is 19.1. The molecule has 0 saturated carbocycles. The number of halogens is 1. The molecule has 2 aromatic carbocycles. The highest BCUT2D eigenvalue weighted by molar-refractivity contribution is 6.04. The quantitative estimate of drug-likeness (QED) is 0.929. The number of carbonyl (C=O) groups excluding carboxylic acids is 1. The van der Waals surface area contributed by atoms with Crippen LogP contribution < -0.4 is 10.2 Å². The van der Waals surface area contributed by atoms with Crippen molar-refractivity contribution in [3.05, 3.63) is 59.4 Å². The lowest BCUT2D eigenvalue weighted by atomic mass is 10.1. The van der Waals surface area contributed by atoms with Gasteiger partial charge in [-0.15, -0.1) is 0 Å². The van der Waals surface area contributed by atoms with Gasteiger partial charge in [-0.05, 0) is 67.8 Å². The molecular formula is C18H19FN2O. The normalized spacial score (nSPS) is 14.2. The first-order valence-electron chi connectivity index (χ1n) is 7.56. The zero-order valence-corrected chi connectivity index (χ0v) is 12.6. The summed E-state index contributed by atoms with van der Waals surface area (Å²) in [4.78, 5) is 14.5. The molecule has 2 aromatic rings. The molecule has 0 bridgehead atoms. The number of benzene rings is 2. The van der Waals surface area contributed by atoms with Gasteiger partial charge >= 0.3 is 0 Å². The molecule has 1 N–H and O–H groups in total. The molecule has 1 heterocycles. The molecule has 0 aromatic heterocycles. The van der Waals surface area contributed by atoms with E-state index in [1.807, 2.05) is 24.3 Å². The van der Waals surface area contributed by atoms with E-state index in [0.717, 1.165) is 18.8 Å². The highest BCUT2D eigenvalue weighted by Gasteiger charge is 2.13. The SMILES string of the molecule is Cc1cc(NC(=O)c2ccc(N3CCCC3)cc2)ccc1F. The number of hydrogen-bond donors (Lipinski definition) is 1. The minimum Gasteiger partial charge on any atom is -0.372 e. The van der Waals surface area contributed by atoms with E-state index in [0.29, 0.717) is 16.8 Å². The van der Waals surface area contributed by atoms with Crippen LogP contribution in [0.15, 0.2) is 42.5 Å². The molecule has 114 valence electrons. The van der Waals surface area contributed by atoms with Crippen molar-refractivity contribution in [1.29, 1.82) is 0 Å². The van der Waals surface area contributed by atoms with E-state index < -0.39 is 0 Å². The van der Waals surface area contributed by atoms with Gasteiger partial charge in [0.05, 0.1) is 0 Å². The van der Waals surface area contributed by atoms with Crippen LogP contribution in [0.3, 0.4) is 0 Å². The van der Waals surface area contributed by atoms with Gasteiger partial charge < -0.3 is 10.2 Å². The van der Waals surface area contributed by atoms with Crippen molar-refractivity contribution in [3.8, 4) is 0 Å². The molecule has 0 aliphatic carbocycles. The molecule has 1 amide bonds. The van der Waals surface area contributed by atoms with Crippen LogP contribution >= 0.6 is 0 Å². The van der Waals surface area contributed by atoms with Crippen molar-refractivity contribution in [2.45, 2.75) is 19.8 Å². The lowest BCUT2D eigenvalue weighted by Gasteiger charge is -2.17. The van der Waals surface area contributed by atoms with E-state index in [2.05, 4.69) is 10.2 Å². The number of amides is 1. The van der Waals surface area contributed by atoms with E-state index >= 15 is 0 Å². The average Bonchev–Trinajstić information content (AvgIpc) is 3.05. The first-order valence-corrected chi connectivity index (χ1v) is 7.56. The Hall–Kier alpha value is -2.36. The molecule has 0 atom stereocenters. The van der Waals surface area contributed by atoms with Gasteiger partial charge in [-0.3, -0.25) is 4.79 Å². The molecule has 1 aliphatic heterocycles. The zero-order chi connectivity index (χ0) is 15.5. The maximum absolute atomic E-state index is 13.2. The van der Waals surface area contributed by atoms with E-state index in [-0.39, 0.29) is 11.7 Å². The maximum Gasteiger partial charge on any atom is 0.255 e. The van der Waals surface area contributed by atoms with Crippen molar-refractivity contribution in [1.82, 2.24) is 0 Å². The molecule has 1 fully saturated rings. The largest absolute Gasteiger partial charge is 0.372 e. The Morgan fingerprint density at radius 3 is 2.41 bits per heavy atom. The van der Waals surface area contributed by atoms with E-state index in [1.165, 1.54) is 18.9 Å². The average molecular weight is 298 g/mol. The third kappa shape index (κ3) is 3.11. The molecular weight excluding hydrogens is 279 g/mol. The second-order valence-electron chi connectivity index (χ2n) is 5.66. The summed E-state index contributed by atoms with van der Waals surface area (Å²) in [7, 11) is 0. The first-order chi connectivity index (χ1) is 10.6. The summed E-state index contributed by atoms with van der Waals surface area (Å²) in [6, 6.07) is 12.2. The van der Waals surface area contributed by atoms with Crippen LogP contribution in [0.25, 0.3) is 0 Å². The van der Waals surface area contributed by atoms with Gasteiger partial charge in [0.25, 0.3) is 5.91 Å². The van der Waals surface area contributed by atoms with Gasteiger partial charge in [-0.25, -0.2) is 4.39 Å². The predicted octanol–water partition coefficient (Wildman–Crippen LogP) is 3.99. The Balaban J connectivity index is 1.70. The summed E-state index contributed by atoms with van der Waals surface area (Å²) in [5.41, 5.74) is 2.88. The van der Waals surface area contributed by atoms with Crippen molar-refractivity contribution >= 4 is 17.3 Å². The van der Waals surface area contributed by atoms with Gasteiger partial charge in [0.1, 0.15) is 5.82 Å². The Morgan fingerprint density at radius 1 is 1.09 bits per heavy atom. The van der Waals surface area contributed by atoms with Crippen LogP contribution in [0, 0.1) is 12.7 Å². The summed E-state index contributed by atoms with van der Waals surface area (Å²) < 4.78 is 13.2. The summed E-state index contributed by atoms with van der Waals surface area (Å²) in [6.45, 7) is 3.84. The number of rotatable bonds is 3. The number of aryl methyl sites for hydroxylation is 1. The van der Waals surface area contributed by atoms with Gasteiger partial charge in [0.2, 0.25) is 0 Å². The van der Waals surface area contributed by atoms with Gasteiger partial charge in [-0.2, -0.15) is 0 Å². The van der Waals surface area contributed by atoms with Crippen molar-refractivity contribution in [3.63, 3.8) is 0 Å². The predicted molar refractivity (Wildman–Crippen MR) is 87.0 cm³/mol. The van der Waals surface area contributed by atoms with Gasteiger partial charge in [-0.1, -0.05) is 0 Å². The Kier molecular flexibility index (Phi) is 4.09. The first kappa shape index (κ1) is 14.6. The lowest BCUT2D eigenvalue weighted by Crippen LogP contribution is -2.18. The lowest BCUT2D eigenvalue weighted by molar-refractivity contribution is 0.102. The summed E-state index contributed by atoms with van der Waals surface area (Å²) in [5, 5.41) is 2.80. The molecule has 4 heteroatoms. The smallest absolute Gasteiger partial charge is 0.255 e. The fraction of sp³-hybridized carbons (Fsp3) is 0.278. The second-order valence-corrected chi connectivity index (χ2v) is 5.66. The fourth-order valence-electron chi connectivity index (χ4n) is 2.72. The Morgan fingerprint density at radius 2 is 1.77 bits per heavy atom. The van der Waals surface area contributed by atoms with Crippen LogP contribution in [0.4, 0.5) is 15.8 Å². The van der Waals surface area contributed by atoms with E-state index in [1.54, 1.807) is 19.1 Å². The standard InChI is InChI=1S/C18H19FN2O/c1-13-12-15(6-9-17(13)19)20-18(22)14-4-7-16(8-5-14)21-10-2-3-11-21/h4-9,12H,2-3,10-11H2,1H3,(H,20,22). The molecule has 1 aliphatic rings. The molecule has 0 spiro atoms.